The smallest absolute Gasteiger partial charge is 0.258 e. The van der Waals surface area contributed by atoms with Crippen molar-refractivity contribution in [2.75, 3.05) is 0 Å². The molecule has 0 saturated carbocycles. The molecule has 0 saturated heterocycles. The van der Waals surface area contributed by atoms with Crippen molar-refractivity contribution in [3.63, 3.8) is 0 Å². The molecule has 1 amide bonds. The molecule has 0 spiro atoms. The van der Waals surface area contributed by atoms with Gasteiger partial charge in [0.25, 0.3) is 5.56 Å². The average Bonchev–Trinajstić information content (AvgIpc) is 2.45. The van der Waals surface area contributed by atoms with Crippen LogP contribution in [0.2, 0.25) is 0 Å². The van der Waals surface area contributed by atoms with Crippen molar-refractivity contribution in [3.05, 3.63) is 40.4 Å². The summed E-state index contributed by atoms with van der Waals surface area (Å²) in [5.74, 6) is -1.40. The number of nitrogens with one attached hydrogen (secondary N) is 2. The number of benzene rings is 1. The summed E-state index contributed by atoms with van der Waals surface area (Å²) < 4.78 is 0. The van der Waals surface area contributed by atoms with Gasteiger partial charge >= 0.3 is 0 Å². The second-order valence-corrected chi connectivity index (χ2v) is 4.64. The van der Waals surface area contributed by atoms with Gasteiger partial charge in [-0.1, -0.05) is 12.1 Å². The number of aromatic amines is 1. The van der Waals surface area contributed by atoms with Crippen molar-refractivity contribution in [2.45, 2.75) is 25.8 Å². The van der Waals surface area contributed by atoms with Crippen LogP contribution in [0, 0.1) is 0 Å². The minimum Gasteiger partial charge on any atom is -0.548 e. The first-order valence-corrected chi connectivity index (χ1v) is 6.45. The number of rotatable bonds is 5. The zero-order valence-electron chi connectivity index (χ0n) is 11.4. The zero-order chi connectivity index (χ0) is 15.4. The fourth-order valence-corrected chi connectivity index (χ4v) is 1.86. The standard InChI is InChI=1S/C14H15N3O4/c1-8(14(20)21)15-12(18)7-6-11-16-10-5-3-2-4-9(10)13(19)17-11/h2-5,8H,6-7H2,1H3,(H,15,18)(H,20,21)(H,16,17,19)/p-1/t8-/m1/s1. The third kappa shape index (κ3) is 3.65. The predicted molar refractivity (Wildman–Crippen MR) is 73.3 cm³/mol. The number of aromatic nitrogens is 2. The van der Waals surface area contributed by atoms with Crippen LogP contribution in [0.4, 0.5) is 0 Å². The Kier molecular flexibility index (Phi) is 4.32. The molecule has 0 radical (unpaired) electrons. The lowest BCUT2D eigenvalue weighted by Gasteiger charge is -2.14. The molecule has 21 heavy (non-hydrogen) atoms. The van der Waals surface area contributed by atoms with Gasteiger partial charge in [-0.2, -0.15) is 0 Å². The number of carbonyl (C=O) groups excluding carboxylic acids is 2. The second-order valence-electron chi connectivity index (χ2n) is 4.64. The van der Waals surface area contributed by atoms with E-state index in [4.69, 9.17) is 0 Å². The maximum Gasteiger partial charge on any atom is 0.258 e. The number of aryl methyl sites for hydroxylation is 1. The van der Waals surface area contributed by atoms with E-state index in [1.807, 2.05) is 0 Å². The number of para-hydroxylation sites is 1. The number of hydrogen-bond donors (Lipinski definition) is 2. The molecule has 1 aromatic carbocycles. The monoisotopic (exact) mass is 288 g/mol. The van der Waals surface area contributed by atoms with E-state index in [2.05, 4.69) is 15.3 Å². The minimum atomic E-state index is -1.35. The van der Waals surface area contributed by atoms with Gasteiger partial charge in [-0.3, -0.25) is 9.59 Å². The van der Waals surface area contributed by atoms with Crippen LogP contribution >= 0.6 is 0 Å². The van der Waals surface area contributed by atoms with Gasteiger partial charge in [0.15, 0.2) is 0 Å². The molecular formula is C14H14N3O4-. The van der Waals surface area contributed by atoms with Crippen molar-refractivity contribution in [1.29, 1.82) is 0 Å². The van der Waals surface area contributed by atoms with Crippen molar-refractivity contribution in [2.24, 2.45) is 0 Å². The SMILES string of the molecule is C[C@@H](NC(=O)CCc1nc2ccccc2c(=O)[nH]1)C(=O)[O-]. The Labute approximate surface area is 120 Å². The van der Waals surface area contributed by atoms with Gasteiger partial charge in [0.2, 0.25) is 5.91 Å². The molecule has 7 heteroatoms. The first kappa shape index (κ1) is 14.7. The molecule has 1 aromatic heterocycles. The van der Waals surface area contributed by atoms with Gasteiger partial charge in [-0.05, 0) is 19.1 Å². The van der Waals surface area contributed by atoms with E-state index in [1.165, 1.54) is 6.92 Å². The summed E-state index contributed by atoms with van der Waals surface area (Å²) in [7, 11) is 0. The highest BCUT2D eigenvalue weighted by molar-refractivity contribution is 5.82. The van der Waals surface area contributed by atoms with Gasteiger partial charge in [0.1, 0.15) is 5.82 Å². The zero-order valence-corrected chi connectivity index (χ0v) is 11.4. The van der Waals surface area contributed by atoms with Crippen LogP contribution in [0.15, 0.2) is 29.1 Å². The number of aliphatic carboxylic acids is 1. The van der Waals surface area contributed by atoms with Crippen molar-refractivity contribution < 1.29 is 14.7 Å². The van der Waals surface area contributed by atoms with Crippen LogP contribution in [0.1, 0.15) is 19.2 Å². The summed E-state index contributed by atoms with van der Waals surface area (Å²) >= 11 is 0. The molecule has 0 aliphatic rings. The normalized spacial score (nSPS) is 12.0. The lowest BCUT2D eigenvalue weighted by Crippen LogP contribution is -2.45. The molecule has 7 nitrogen and oxygen atoms in total. The highest BCUT2D eigenvalue weighted by atomic mass is 16.4. The first-order chi connectivity index (χ1) is 9.97. The first-order valence-electron chi connectivity index (χ1n) is 6.45. The number of hydrogen-bond acceptors (Lipinski definition) is 5. The Morgan fingerprint density at radius 1 is 1.38 bits per heavy atom. The Bertz CT molecular complexity index is 738. The summed E-state index contributed by atoms with van der Waals surface area (Å²) in [6.07, 6.45) is 0.241. The number of amides is 1. The molecule has 0 fully saturated rings. The fraction of sp³-hybridized carbons (Fsp3) is 0.286. The number of fused-ring (bicyclic) bond motifs is 1. The molecule has 110 valence electrons. The van der Waals surface area contributed by atoms with Crippen LogP contribution in [0.5, 0.6) is 0 Å². The summed E-state index contributed by atoms with van der Waals surface area (Å²) in [4.78, 5) is 40.8. The van der Waals surface area contributed by atoms with Gasteiger partial charge in [0, 0.05) is 12.8 Å². The number of carbonyl (C=O) groups is 2. The van der Waals surface area contributed by atoms with Crippen molar-refractivity contribution in [3.8, 4) is 0 Å². The molecule has 2 aromatic rings. The fourth-order valence-electron chi connectivity index (χ4n) is 1.86. The summed E-state index contributed by atoms with van der Waals surface area (Å²) in [6, 6.07) is 5.84. The molecule has 0 bridgehead atoms. The minimum absolute atomic E-state index is 0.0267. The largest absolute Gasteiger partial charge is 0.548 e. The molecule has 0 unspecified atom stereocenters. The maximum atomic E-state index is 11.8. The molecule has 0 aliphatic carbocycles. The number of carboxylic acid groups (broad SMARTS) is 1. The molecule has 1 atom stereocenters. The predicted octanol–water partition coefficient (Wildman–Crippen LogP) is -0.890. The average molecular weight is 288 g/mol. The highest BCUT2D eigenvalue weighted by Gasteiger charge is 2.09. The Hall–Kier alpha value is -2.70. The second kappa shape index (κ2) is 6.17. The van der Waals surface area contributed by atoms with E-state index in [9.17, 15) is 19.5 Å². The maximum absolute atomic E-state index is 11.8. The van der Waals surface area contributed by atoms with Gasteiger partial charge in [0.05, 0.1) is 22.9 Å². The van der Waals surface area contributed by atoms with Crippen LogP contribution in [-0.2, 0) is 16.0 Å². The summed E-state index contributed by atoms with van der Waals surface area (Å²) in [5, 5.41) is 13.3. The lowest BCUT2D eigenvalue weighted by atomic mass is 10.2. The third-order valence-electron chi connectivity index (χ3n) is 2.98. The number of carboxylic acids is 1. The van der Waals surface area contributed by atoms with Crippen LogP contribution in [0.25, 0.3) is 10.9 Å². The topological polar surface area (TPSA) is 115 Å². The number of H-pyrrole nitrogens is 1. The highest BCUT2D eigenvalue weighted by Crippen LogP contribution is 2.06. The van der Waals surface area contributed by atoms with Crippen molar-refractivity contribution >= 4 is 22.8 Å². The third-order valence-corrected chi connectivity index (χ3v) is 2.98. The Morgan fingerprint density at radius 2 is 2.10 bits per heavy atom. The molecule has 2 N–H and O–H groups in total. The summed E-state index contributed by atoms with van der Waals surface area (Å²) in [6.45, 7) is 1.32. The molecule has 2 rings (SSSR count). The molecule has 0 aliphatic heterocycles. The van der Waals surface area contributed by atoms with E-state index < -0.39 is 17.9 Å². The van der Waals surface area contributed by atoms with Gasteiger partial charge < -0.3 is 20.2 Å². The van der Waals surface area contributed by atoms with E-state index in [1.54, 1.807) is 24.3 Å². The number of nitrogens with zero attached hydrogens (tertiary/aromatic N) is 1. The van der Waals surface area contributed by atoms with Crippen LogP contribution in [0.3, 0.4) is 0 Å². The van der Waals surface area contributed by atoms with Gasteiger partial charge in [-0.25, -0.2) is 4.98 Å². The van der Waals surface area contributed by atoms with E-state index in [0.29, 0.717) is 16.7 Å². The lowest BCUT2D eigenvalue weighted by molar-refractivity contribution is -0.307. The molecular weight excluding hydrogens is 274 g/mol. The Balaban J connectivity index is 2.05. The van der Waals surface area contributed by atoms with Crippen LogP contribution in [-0.4, -0.2) is 27.9 Å². The molecule has 1 heterocycles. The Morgan fingerprint density at radius 3 is 2.81 bits per heavy atom. The van der Waals surface area contributed by atoms with Gasteiger partial charge in [-0.15, -0.1) is 0 Å². The summed E-state index contributed by atoms with van der Waals surface area (Å²) in [5.41, 5.74) is 0.291. The van der Waals surface area contributed by atoms with Crippen molar-refractivity contribution in [1.82, 2.24) is 15.3 Å². The van der Waals surface area contributed by atoms with E-state index in [0.717, 1.165) is 0 Å². The van der Waals surface area contributed by atoms with Crippen LogP contribution < -0.4 is 16.0 Å². The van der Waals surface area contributed by atoms with E-state index in [-0.39, 0.29) is 18.4 Å². The van der Waals surface area contributed by atoms with E-state index >= 15 is 0 Å². The quantitative estimate of drug-likeness (QED) is 0.740.